The summed E-state index contributed by atoms with van der Waals surface area (Å²) in [5.74, 6) is 0. The molecule has 12 heavy (non-hydrogen) atoms. The molecule has 0 aliphatic rings. The Labute approximate surface area is 78.2 Å². The van der Waals surface area contributed by atoms with E-state index in [0.717, 1.165) is 5.57 Å². The standard InChI is InChI=1S/C11H11Cl/c1-9(8-10(2)12)11-6-4-3-5-7-11/h3-8H,2H2,1H3. The van der Waals surface area contributed by atoms with Crippen molar-refractivity contribution in [3.8, 4) is 0 Å². The summed E-state index contributed by atoms with van der Waals surface area (Å²) in [6.07, 6.45) is 1.86. The highest BCUT2D eigenvalue weighted by molar-refractivity contribution is 6.31. The largest absolute Gasteiger partial charge is 0.0850 e. The second-order valence-corrected chi connectivity index (χ2v) is 3.13. The minimum Gasteiger partial charge on any atom is -0.0850 e. The first-order valence-electron chi connectivity index (χ1n) is 3.78. The molecule has 1 rings (SSSR count). The molecular weight excluding hydrogens is 168 g/mol. The molecule has 0 radical (unpaired) electrons. The van der Waals surface area contributed by atoms with Gasteiger partial charge in [0.25, 0.3) is 0 Å². The van der Waals surface area contributed by atoms with Crippen LogP contribution >= 0.6 is 11.6 Å². The lowest BCUT2D eigenvalue weighted by Crippen LogP contribution is -1.77. The van der Waals surface area contributed by atoms with Crippen LogP contribution in [0.4, 0.5) is 0 Å². The minimum absolute atomic E-state index is 0.566. The molecule has 0 aromatic heterocycles. The van der Waals surface area contributed by atoms with Gasteiger partial charge < -0.3 is 0 Å². The lowest BCUT2D eigenvalue weighted by atomic mass is 10.1. The van der Waals surface area contributed by atoms with Gasteiger partial charge in [-0.2, -0.15) is 0 Å². The highest BCUT2D eigenvalue weighted by Crippen LogP contribution is 2.15. The third-order valence-corrected chi connectivity index (χ3v) is 1.71. The Morgan fingerprint density at radius 1 is 1.33 bits per heavy atom. The van der Waals surface area contributed by atoms with E-state index >= 15 is 0 Å². The zero-order valence-electron chi connectivity index (χ0n) is 7.05. The van der Waals surface area contributed by atoms with Gasteiger partial charge in [-0.15, -0.1) is 0 Å². The molecule has 0 fully saturated rings. The first-order chi connectivity index (χ1) is 5.70. The fourth-order valence-corrected chi connectivity index (χ4v) is 1.18. The van der Waals surface area contributed by atoms with Crippen molar-refractivity contribution in [3.63, 3.8) is 0 Å². The van der Waals surface area contributed by atoms with Crippen LogP contribution in [0.2, 0.25) is 0 Å². The number of rotatable bonds is 2. The molecule has 0 unspecified atom stereocenters. The van der Waals surface area contributed by atoms with Crippen molar-refractivity contribution in [3.05, 3.63) is 53.6 Å². The Hall–Kier alpha value is -1.01. The third-order valence-electron chi connectivity index (χ3n) is 1.60. The lowest BCUT2D eigenvalue weighted by Gasteiger charge is -1.99. The maximum absolute atomic E-state index is 5.65. The number of allylic oxidation sites excluding steroid dienone is 3. The van der Waals surface area contributed by atoms with Gasteiger partial charge in [0, 0.05) is 5.03 Å². The first kappa shape index (κ1) is 9.08. The molecule has 0 saturated heterocycles. The van der Waals surface area contributed by atoms with Crippen LogP contribution in [0.15, 0.2) is 48.0 Å². The highest BCUT2D eigenvalue weighted by atomic mass is 35.5. The van der Waals surface area contributed by atoms with E-state index < -0.39 is 0 Å². The minimum atomic E-state index is 0.566. The van der Waals surface area contributed by atoms with E-state index in [0.29, 0.717) is 5.03 Å². The van der Waals surface area contributed by atoms with E-state index in [9.17, 15) is 0 Å². The van der Waals surface area contributed by atoms with Gasteiger partial charge in [0.15, 0.2) is 0 Å². The topological polar surface area (TPSA) is 0 Å². The third kappa shape index (κ3) is 2.55. The SMILES string of the molecule is C=C(Cl)C=C(C)c1ccccc1. The fraction of sp³-hybridized carbons (Fsp3) is 0.0909. The monoisotopic (exact) mass is 178 g/mol. The zero-order valence-corrected chi connectivity index (χ0v) is 7.81. The molecule has 0 heterocycles. The van der Waals surface area contributed by atoms with Crippen molar-refractivity contribution >= 4 is 17.2 Å². The summed E-state index contributed by atoms with van der Waals surface area (Å²) in [7, 11) is 0. The van der Waals surface area contributed by atoms with Gasteiger partial charge in [-0.05, 0) is 24.1 Å². The summed E-state index contributed by atoms with van der Waals surface area (Å²) in [5, 5.41) is 0.566. The van der Waals surface area contributed by atoms with Crippen LogP contribution in [0.1, 0.15) is 12.5 Å². The van der Waals surface area contributed by atoms with Crippen molar-refractivity contribution < 1.29 is 0 Å². The number of benzene rings is 1. The Balaban J connectivity index is 2.93. The van der Waals surface area contributed by atoms with E-state index in [1.54, 1.807) is 0 Å². The molecule has 0 atom stereocenters. The van der Waals surface area contributed by atoms with Crippen LogP contribution in [-0.2, 0) is 0 Å². The van der Waals surface area contributed by atoms with Crippen LogP contribution < -0.4 is 0 Å². The van der Waals surface area contributed by atoms with Crippen molar-refractivity contribution in [2.75, 3.05) is 0 Å². The molecule has 0 N–H and O–H groups in total. The van der Waals surface area contributed by atoms with Crippen molar-refractivity contribution in [1.29, 1.82) is 0 Å². The molecule has 0 amide bonds. The van der Waals surface area contributed by atoms with E-state index in [2.05, 4.69) is 6.58 Å². The molecule has 0 saturated carbocycles. The molecule has 0 nitrogen and oxygen atoms in total. The Morgan fingerprint density at radius 2 is 1.92 bits per heavy atom. The summed E-state index contributed by atoms with van der Waals surface area (Å²) in [4.78, 5) is 0. The number of hydrogen-bond acceptors (Lipinski definition) is 0. The first-order valence-corrected chi connectivity index (χ1v) is 4.16. The van der Waals surface area contributed by atoms with Crippen molar-refractivity contribution in [2.24, 2.45) is 0 Å². The van der Waals surface area contributed by atoms with Crippen LogP contribution in [0.3, 0.4) is 0 Å². The van der Waals surface area contributed by atoms with Crippen LogP contribution in [-0.4, -0.2) is 0 Å². The van der Waals surface area contributed by atoms with E-state index in [-0.39, 0.29) is 0 Å². The van der Waals surface area contributed by atoms with E-state index in [1.165, 1.54) is 5.56 Å². The summed E-state index contributed by atoms with van der Waals surface area (Å²) >= 11 is 5.65. The van der Waals surface area contributed by atoms with Gasteiger partial charge in [-0.25, -0.2) is 0 Å². The van der Waals surface area contributed by atoms with Crippen molar-refractivity contribution in [1.82, 2.24) is 0 Å². The Morgan fingerprint density at radius 3 is 2.42 bits per heavy atom. The predicted molar refractivity (Wildman–Crippen MR) is 55.1 cm³/mol. The molecule has 62 valence electrons. The summed E-state index contributed by atoms with van der Waals surface area (Å²) in [6, 6.07) is 10.1. The van der Waals surface area contributed by atoms with Gasteiger partial charge in [0.2, 0.25) is 0 Å². The number of halogens is 1. The second kappa shape index (κ2) is 4.13. The van der Waals surface area contributed by atoms with Gasteiger partial charge in [0.1, 0.15) is 0 Å². The summed E-state index contributed by atoms with van der Waals surface area (Å²) in [6.45, 7) is 5.63. The molecule has 0 spiro atoms. The molecule has 1 heteroatoms. The average Bonchev–Trinajstić information content (AvgIpc) is 2.05. The van der Waals surface area contributed by atoms with Crippen LogP contribution in [0, 0.1) is 0 Å². The zero-order chi connectivity index (χ0) is 8.97. The molecular formula is C11H11Cl. The van der Waals surface area contributed by atoms with Crippen LogP contribution in [0.5, 0.6) is 0 Å². The average molecular weight is 179 g/mol. The van der Waals surface area contributed by atoms with Crippen molar-refractivity contribution in [2.45, 2.75) is 6.92 Å². The molecule has 0 aliphatic heterocycles. The molecule has 0 bridgehead atoms. The predicted octanol–water partition coefficient (Wildman–Crippen LogP) is 3.84. The normalized spacial score (nSPS) is 11.3. The molecule has 0 aliphatic carbocycles. The number of hydrogen-bond donors (Lipinski definition) is 0. The van der Waals surface area contributed by atoms with E-state index in [1.807, 2.05) is 43.3 Å². The molecule has 1 aromatic carbocycles. The Kier molecular flexibility index (Phi) is 3.12. The lowest BCUT2D eigenvalue weighted by molar-refractivity contribution is 1.56. The van der Waals surface area contributed by atoms with E-state index in [4.69, 9.17) is 11.6 Å². The Bertz CT molecular complexity index is 296. The van der Waals surface area contributed by atoms with Crippen LogP contribution in [0.25, 0.3) is 5.57 Å². The fourth-order valence-electron chi connectivity index (χ4n) is 1.02. The smallest absolute Gasteiger partial charge is 0.0337 e. The second-order valence-electron chi connectivity index (χ2n) is 2.64. The van der Waals surface area contributed by atoms with Gasteiger partial charge in [0.05, 0.1) is 0 Å². The highest BCUT2D eigenvalue weighted by Gasteiger charge is 1.92. The van der Waals surface area contributed by atoms with Gasteiger partial charge >= 0.3 is 0 Å². The maximum atomic E-state index is 5.65. The maximum Gasteiger partial charge on any atom is 0.0337 e. The molecule has 1 aromatic rings. The van der Waals surface area contributed by atoms with Gasteiger partial charge in [-0.3, -0.25) is 0 Å². The quantitative estimate of drug-likeness (QED) is 0.604. The summed E-state index contributed by atoms with van der Waals surface area (Å²) < 4.78 is 0. The summed E-state index contributed by atoms with van der Waals surface area (Å²) in [5.41, 5.74) is 2.31. The van der Waals surface area contributed by atoms with Gasteiger partial charge in [-0.1, -0.05) is 48.5 Å².